The summed E-state index contributed by atoms with van der Waals surface area (Å²) in [6, 6.07) is 8.53. The number of hydrogen-bond acceptors (Lipinski definition) is 2. The van der Waals surface area contributed by atoms with Gasteiger partial charge >= 0.3 is 0 Å². The van der Waals surface area contributed by atoms with Gasteiger partial charge in [0.25, 0.3) is 0 Å². The van der Waals surface area contributed by atoms with Crippen LogP contribution in [0.25, 0.3) is 0 Å². The second-order valence-corrected chi connectivity index (χ2v) is 7.40. The highest BCUT2D eigenvalue weighted by atomic mass is 16.1. The average molecular weight is 287 g/mol. The lowest BCUT2D eigenvalue weighted by atomic mass is 9.85. The molecule has 0 bridgehead atoms. The molecule has 2 heteroatoms. The van der Waals surface area contributed by atoms with E-state index < -0.39 is 0 Å². The number of piperidine rings is 1. The smallest absolute Gasteiger partial charge is 0.164 e. The zero-order valence-corrected chi connectivity index (χ0v) is 13.9. The Balaban J connectivity index is 1.97. The first kappa shape index (κ1) is 16.2. The molecular weight excluding hydrogens is 258 g/mol. The van der Waals surface area contributed by atoms with E-state index in [1.807, 2.05) is 12.1 Å². The largest absolute Gasteiger partial charge is 0.314 e. The van der Waals surface area contributed by atoms with Gasteiger partial charge in [-0.2, -0.15) is 0 Å². The lowest BCUT2D eigenvalue weighted by Gasteiger charge is -2.29. The van der Waals surface area contributed by atoms with Crippen LogP contribution in [-0.4, -0.2) is 18.4 Å². The number of benzene rings is 1. The van der Waals surface area contributed by atoms with Gasteiger partial charge in [0.15, 0.2) is 5.78 Å². The van der Waals surface area contributed by atoms with Crippen molar-refractivity contribution in [3.63, 3.8) is 0 Å². The summed E-state index contributed by atoms with van der Waals surface area (Å²) in [6.07, 6.45) is 4.25. The quantitative estimate of drug-likeness (QED) is 0.835. The number of Topliss-reactive ketones (excluding diaryl/α,β-unsaturated/α-hetero) is 1. The summed E-state index contributed by atoms with van der Waals surface area (Å²) in [6.45, 7) is 9.89. The van der Waals surface area contributed by atoms with Crippen molar-refractivity contribution < 1.29 is 4.79 Å². The molecule has 2 unspecified atom stereocenters. The van der Waals surface area contributed by atoms with Crippen molar-refractivity contribution in [1.29, 1.82) is 0 Å². The molecular formula is C19H29NO. The minimum absolute atomic E-state index is 0.140. The Bertz CT molecular complexity index is 469. The molecule has 1 aliphatic heterocycles. The van der Waals surface area contributed by atoms with E-state index in [0.717, 1.165) is 24.4 Å². The van der Waals surface area contributed by atoms with Crippen LogP contribution in [0.5, 0.6) is 0 Å². The Labute approximate surface area is 129 Å². The molecule has 2 rings (SSSR count). The van der Waals surface area contributed by atoms with E-state index in [0.29, 0.717) is 12.5 Å². The van der Waals surface area contributed by atoms with Gasteiger partial charge in [-0.3, -0.25) is 4.79 Å². The summed E-state index contributed by atoms with van der Waals surface area (Å²) >= 11 is 0. The molecule has 1 aliphatic rings. The molecule has 1 fully saturated rings. The van der Waals surface area contributed by atoms with Gasteiger partial charge in [-0.05, 0) is 36.3 Å². The number of ketones is 1. The first-order chi connectivity index (χ1) is 9.90. The highest BCUT2D eigenvalue weighted by molar-refractivity contribution is 5.96. The summed E-state index contributed by atoms with van der Waals surface area (Å²) in [7, 11) is 0. The van der Waals surface area contributed by atoms with Gasteiger partial charge in [0.2, 0.25) is 0 Å². The van der Waals surface area contributed by atoms with E-state index in [1.54, 1.807) is 0 Å². The molecule has 0 aliphatic carbocycles. The van der Waals surface area contributed by atoms with Gasteiger partial charge in [0.05, 0.1) is 0 Å². The first-order valence-corrected chi connectivity index (χ1v) is 8.27. The summed E-state index contributed by atoms with van der Waals surface area (Å²) < 4.78 is 0. The number of hydrogen-bond donors (Lipinski definition) is 1. The topological polar surface area (TPSA) is 29.1 Å². The van der Waals surface area contributed by atoms with E-state index in [2.05, 4.69) is 45.1 Å². The van der Waals surface area contributed by atoms with Crippen LogP contribution in [0.2, 0.25) is 0 Å². The maximum absolute atomic E-state index is 12.4. The van der Waals surface area contributed by atoms with Crippen LogP contribution < -0.4 is 5.32 Å². The van der Waals surface area contributed by atoms with Crippen LogP contribution in [0.4, 0.5) is 0 Å². The summed E-state index contributed by atoms with van der Waals surface area (Å²) in [5.41, 5.74) is 2.27. The third kappa shape index (κ3) is 4.41. The monoisotopic (exact) mass is 287 g/mol. The van der Waals surface area contributed by atoms with E-state index in [4.69, 9.17) is 0 Å². The standard InChI is InChI=1S/C19H29NO/c1-5-14-10-11-20-17(12-14)13-18(21)15-6-8-16(9-7-15)19(2,3)4/h6-9,14,17,20H,5,10-13H2,1-4H3. The van der Waals surface area contributed by atoms with Crippen LogP contribution in [-0.2, 0) is 5.41 Å². The van der Waals surface area contributed by atoms with Gasteiger partial charge in [-0.15, -0.1) is 0 Å². The van der Waals surface area contributed by atoms with Crippen molar-refractivity contribution in [3.05, 3.63) is 35.4 Å². The second kappa shape index (κ2) is 6.74. The van der Waals surface area contributed by atoms with Crippen molar-refractivity contribution >= 4 is 5.78 Å². The summed E-state index contributed by atoms with van der Waals surface area (Å²) in [5, 5.41) is 3.50. The van der Waals surface area contributed by atoms with Crippen LogP contribution >= 0.6 is 0 Å². The molecule has 1 saturated heterocycles. The molecule has 2 nitrogen and oxygen atoms in total. The molecule has 0 aromatic heterocycles. The van der Waals surface area contributed by atoms with Gasteiger partial charge in [-0.25, -0.2) is 0 Å². The molecule has 116 valence electrons. The van der Waals surface area contributed by atoms with E-state index >= 15 is 0 Å². The Morgan fingerprint density at radius 3 is 2.48 bits per heavy atom. The van der Waals surface area contributed by atoms with Crippen molar-refractivity contribution in [2.75, 3.05) is 6.54 Å². The molecule has 0 radical (unpaired) electrons. The highest BCUT2D eigenvalue weighted by Crippen LogP contribution is 2.24. The molecule has 1 aromatic rings. The van der Waals surface area contributed by atoms with E-state index in [1.165, 1.54) is 18.4 Å². The molecule has 0 amide bonds. The highest BCUT2D eigenvalue weighted by Gasteiger charge is 2.23. The molecule has 21 heavy (non-hydrogen) atoms. The maximum Gasteiger partial charge on any atom is 0.164 e. The predicted molar refractivity (Wildman–Crippen MR) is 88.9 cm³/mol. The van der Waals surface area contributed by atoms with Crippen LogP contribution in [0.15, 0.2) is 24.3 Å². The zero-order chi connectivity index (χ0) is 15.5. The van der Waals surface area contributed by atoms with E-state index in [-0.39, 0.29) is 11.2 Å². The Hall–Kier alpha value is -1.15. The molecule has 0 spiro atoms. The fraction of sp³-hybridized carbons (Fsp3) is 0.632. The maximum atomic E-state index is 12.4. The Morgan fingerprint density at radius 2 is 1.90 bits per heavy atom. The number of carbonyl (C=O) groups excluding carboxylic acids is 1. The zero-order valence-electron chi connectivity index (χ0n) is 13.9. The van der Waals surface area contributed by atoms with Gasteiger partial charge in [-0.1, -0.05) is 58.4 Å². The fourth-order valence-electron chi connectivity index (χ4n) is 3.12. The predicted octanol–water partition coefficient (Wildman–Crippen LogP) is 4.34. The third-order valence-electron chi connectivity index (χ3n) is 4.69. The van der Waals surface area contributed by atoms with Crippen LogP contribution in [0.1, 0.15) is 69.3 Å². The van der Waals surface area contributed by atoms with Crippen molar-refractivity contribution in [2.24, 2.45) is 5.92 Å². The average Bonchev–Trinajstić information content (AvgIpc) is 2.46. The lowest BCUT2D eigenvalue weighted by molar-refractivity contribution is 0.0957. The van der Waals surface area contributed by atoms with E-state index in [9.17, 15) is 4.79 Å². The molecule has 1 aromatic carbocycles. The molecule has 2 atom stereocenters. The number of nitrogens with one attached hydrogen (secondary N) is 1. The SMILES string of the molecule is CCC1CCNC(CC(=O)c2ccc(C(C)(C)C)cc2)C1. The third-order valence-corrected chi connectivity index (χ3v) is 4.69. The fourth-order valence-corrected chi connectivity index (χ4v) is 3.12. The second-order valence-electron chi connectivity index (χ2n) is 7.40. The van der Waals surface area contributed by atoms with Crippen LogP contribution in [0.3, 0.4) is 0 Å². The molecule has 1 N–H and O–H groups in total. The molecule has 1 heterocycles. The lowest BCUT2D eigenvalue weighted by Crippen LogP contribution is -2.39. The molecule has 0 saturated carbocycles. The van der Waals surface area contributed by atoms with Crippen LogP contribution in [0, 0.1) is 5.92 Å². The summed E-state index contributed by atoms with van der Waals surface area (Å²) in [5.74, 6) is 1.05. The first-order valence-electron chi connectivity index (χ1n) is 8.27. The normalized spacial score (nSPS) is 23.0. The van der Waals surface area contributed by atoms with Gasteiger partial charge in [0, 0.05) is 18.0 Å². The Morgan fingerprint density at radius 1 is 1.24 bits per heavy atom. The van der Waals surface area contributed by atoms with Gasteiger partial charge in [0.1, 0.15) is 0 Å². The van der Waals surface area contributed by atoms with Crippen molar-refractivity contribution in [1.82, 2.24) is 5.32 Å². The van der Waals surface area contributed by atoms with Crippen molar-refractivity contribution in [2.45, 2.75) is 64.8 Å². The minimum Gasteiger partial charge on any atom is -0.314 e. The summed E-state index contributed by atoms with van der Waals surface area (Å²) in [4.78, 5) is 12.4. The van der Waals surface area contributed by atoms with Crippen molar-refractivity contribution in [3.8, 4) is 0 Å². The number of carbonyl (C=O) groups is 1. The Kier molecular flexibility index (Phi) is 5.21. The minimum atomic E-state index is 0.140. The van der Waals surface area contributed by atoms with Gasteiger partial charge < -0.3 is 5.32 Å². The number of rotatable bonds is 4.